The minimum absolute atomic E-state index is 0.221. The number of nitrogens with one attached hydrogen (secondary N) is 3. The fraction of sp³-hybridized carbons (Fsp3) is 0.286. The highest BCUT2D eigenvalue weighted by atomic mass is 35.5. The van der Waals surface area contributed by atoms with E-state index in [9.17, 15) is 14.4 Å². The summed E-state index contributed by atoms with van der Waals surface area (Å²) in [5, 5.41) is 3.11. The lowest BCUT2D eigenvalue weighted by Crippen LogP contribution is -2.54. The van der Waals surface area contributed by atoms with Crippen molar-refractivity contribution in [3.63, 3.8) is 0 Å². The van der Waals surface area contributed by atoms with E-state index < -0.39 is 23.8 Å². The Kier molecular flexibility index (Phi) is 8.03. The van der Waals surface area contributed by atoms with Crippen LogP contribution in [0.5, 0.6) is 5.75 Å². The monoisotopic (exact) mass is 417 g/mol. The number of benzene rings is 2. The average Bonchev–Trinajstić information content (AvgIpc) is 2.70. The Labute approximate surface area is 174 Å². The van der Waals surface area contributed by atoms with E-state index in [-0.39, 0.29) is 5.92 Å². The highest BCUT2D eigenvalue weighted by Gasteiger charge is 2.26. The van der Waals surface area contributed by atoms with Crippen molar-refractivity contribution in [3.05, 3.63) is 64.7 Å². The largest absolute Gasteiger partial charge is 0.493 e. The molecule has 3 N–H and O–H groups in total. The summed E-state index contributed by atoms with van der Waals surface area (Å²) in [4.78, 5) is 37.4. The molecule has 0 saturated carbocycles. The van der Waals surface area contributed by atoms with Crippen LogP contribution in [0.3, 0.4) is 0 Å². The first-order valence-corrected chi connectivity index (χ1v) is 9.59. The number of carbonyl (C=O) groups excluding carboxylic acids is 3. The highest BCUT2D eigenvalue weighted by Crippen LogP contribution is 2.18. The molecule has 0 heterocycles. The number of halogens is 1. The molecular weight excluding hydrogens is 394 g/mol. The fourth-order valence-corrected chi connectivity index (χ4v) is 2.78. The maximum absolute atomic E-state index is 12.7. The van der Waals surface area contributed by atoms with Gasteiger partial charge in [-0.1, -0.05) is 43.6 Å². The van der Waals surface area contributed by atoms with Crippen molar-refractivity contribution >= 4 is 29.3 Å². The number of hydrogen-bond acceptors (Lipinski definition) is 4. The first kappa shape index (κ1) is 22.2. The van der Waals surface area contributed by atoms with Crippen LogP contribution in [-0.4, -0.2) is 30.4 Å². The molecule has 0 fully saturated rings. The number of carbonyl (C=O) groups is 3. The van der Waals surface area contributed by atoms with Crippen LogP contribution in [-0.2, 0) is 4.79 Å². The summed E-state index contributed by atoms with van der Waals surface area (Å²) in [6.45, 7) is 5.81. The van der Waals surface area contributed by atoms with E-state index in [1.54, 1.807) is 56.3 Å². The third-order valence-corrected chi connectivity index (χ3v) is 4.29. The first-order valence-electron chi connectivity index (χ1n) is 9.22. The van der Waals surface area contributed by atoms with Gasteiger partial charge < -0.3 is 10.1 Å². The van der Waals surface area contributed by atoms with Gasteiger partial charge in [-0.15, -0.1) is 0 Å². The molecule has 1 atom stereocenters. The van der Waals surface area contributed by atoms with Crippen molar-refractivity contribution in [1.82, 2.24) is 16.2 Å². The van der Waals surface area contributed by atoms with Gasteiger partial charge in [-0.3, -0.25) is 25.2 Å². The molecule has 3 amide bonds. The van der Waals surface area contributed by atoms with E-state index in [4.69, 9.17) is 16.3 Å². The van der Waals surface area contributed by atoms with E-state index in [0.29, 0.717) is 28.5 Å². The lowest BCUT2D eigenvalue weighted by Gasteiger charge is -2.22. The van der Waals surface area contributed by atoms with E-state index in [1.165, 1.54) is 6.07 Å². The number of rotatable bonds is 7. The van der Waals surface area contributed by atoms with Crippen LogP contribution in [0.2, 0.25) is 5.02 Å². The number of hydrazine groups is 1. The van der Waals surface area contributed by atoms with Gasteiger partial charge in [-0.2, -0.15) is 0 Å². The molecule has 7 nitrogen and oxygen atoms in total. The van der Waals surface area contributed by atoms with Crippen LogP contribution in [0.1, 0.15) is 41.5 Å². The van der Waals surface area contributed by atoms with Gasteiger partial charge in [0.25, 0.3) is 17.7 Å². The lowest BCUT2D eigenvalue weighted by molar-refractivity contribution is -0.124. The quantitative estimate of drug-likeness (QED) is 0.603. The third-order valence-electron chi connectivity index (χ3n) is 4.05. The lowest BCUT2D eigenvalue weighted by atomic mass is 10.0. The molecule has 29 heavy (non-hydrogen) atoms. The molecule has 2 rings (SSSR count). The molecule has 0 aromatic heterocycles. The predicted molar refractivity (Wildman–Crippen MR) is 111 cm³/mol. The van der Waals surface area contributed by atoms with Gasteiger partial charge in [0.1, 0.15) is 11.8 Å². The van der Waals surface area contributed by atoms with Crippen molar-refractivity contribution in [3.8, 4) is 5.75 Å². The number of hydrogen-bond donors (Lipinski definition) is 3. The van der Waals surface area contributed by atoms with Crippen LogP contribution in [0.15, 0.2) is 48.5 Å². The fourth-order valence-electron chi connectivity index (χ4n) is 2.59. The van der Waals surface area contributed by atoms with Gasteiger partial charge in [0.2, 0.25) is 0 Å². The number of para-hydroxylation sites is 1. The van der Waals surface area contributed by atoms with E-state index in [0.717, 1.165) is 0 Å². The summed E-state index contributed by atoms with van der Waals surface area (Å²) in [5.74, 6) is -1.29. The van der Waals surface area contributed by atoms with Gasteiger partial charge in [-0.05, 0) is 43.2 Å². The van der Waals surface area contributed by atoms with Crippen molar-refractivity contribution in [2.75, 3.05) is 6.61 Å². The van der Waals surface area contributed by atoms with Gasteiger partial charge in [0, 0.05) is 10.6 Å². The molecule has 0 unspecified atom stereocenters. The first-order chi connectivity index (χ1) is 13.8. The Bertz CT molecular complexity index is 886. The maximum atomic E-state index is 12.7. The summed E-state index contributed by atoms with van der Waals surface area (Å²) in [6.07, 6.45) is 0. The molecule has 8 heteroatoms. The predicted octanol–water partition coefficient (Wildman–Crippen LogP) is 2.95. The summed E-state index contributed by atoms with van der Waals surface area (Å²) in [7, 11) is 0. The minimum atomic E-state index is -0.864. The summed E-state index contributed by atoms with van der Waals surface area (Å²) in [6, 6.07) is 12.2. The second-order valence-corrected chi connectivity index (χ2v) is 7.01. The normalized spacial score (nSPS) is 11.5. The number of amides is 3. The van der Waals surface area contributed by atoms with Gasteiger partial charge in [0.05, 0.1) is 12.2 Å². The van der Waals surface area contributed by atoms with Crippen LogP contribution in [0.25, 0.3) is 0 Å². The smallest absolute Gasteiger partial charge is 0.269 e. The topological polar surface area (TPSA) is 96.5 Å². The Balaban J connectivity index is 2.04. The summed E-state index contributed by atoms with van der Waals surface area (Å²) < 4.78 is 5.47. The molecule has 0 spiro atoms. The molecule has 0 aliphatic carbocycles. The molecule has 0 saturated heterocycles. The third kappa shape index (κ3) is 6.22. The zero-order valence-electron chi connectivity index (χ0n) is 16.5. The highest BCUT2D eigenvalue weighted by molar-refractivity contribution is 6.30. The second kappa shape index (κ2) is 10.5. The van der Waals surface area contributed by atoms with Crippen molar-refractivity contribution in [2.45, 2.75) is 26.8 Å². The molecule has 2 aromatic carbocycles. The standard InChI is InChI=1S/C21H24ClN3O4/c1-4-29-17-11-6-5-10-16(17)20(27)23-18(13(2)3)21(28)25-24-19(26)14-8-7-9-15(22)12-14/h5-13,18H,4H2,1-3H3,(H,23,27)(H,24,26)(H,25,28)/t18-/m0/s1. The molecule has 0 aliphatic heterocycles. The van der Waals surface area contributed by atoms with Crippen LogP contribution >= 0.6 is 11.6 Å². The number of ether oxygens (including phenoxy) is 1. The minimum Gasteiger partial charge on any atom is -0.493 e. The van der Waals surface area contributed by atoms with Crippen molar-refractivity contribution in [1.29, 1.82) is 0 Å². The SMILES string of the molecule is CCOc1ccccc1C(=O)N[C@H](C(=O)NNC(=O)c1cccc(Cl)c1)C(C)C. The van der Waals surface area contributed by atoms with E-state index in [1.807, 2.05) is 6.92 Å². The van der Waals surface area contributed by atoms with Gasteiger partial charge >= 0.3 is 0 Å². The zero-order chi connectivity index (χ0) is 21.4. The van der Waals surface area contributed by atoms with E-state index in [2.05, 4.69) is 16.2 Å². The van der Waals surface area contributed by atoms with Crippen LogP contribution in [0.4, 0.5) is 0 Å². The van der Waals surface area contributed by atoms with Crippen LogP contribution in [0, 0.1) is 5.92 Å². The van der Waals surface area contributed by atoms with Gasteiger partial charge in [-0.25, -0.2) is 0 Å². The molecule has 0 aliphatic rings. The van der Waals surface area contributed by atoms with Crippen LogP contribution < -0.4 is 20.9 Å². The van der Waals surface area contributed by atoms with E-state index >= 15 is 0 Å². The Morgan fingerprint density at radius 2 is 1.72 bits per heavy atom. The molecule has 0 radical (unpaired) electrons. The molecule has 0 bridgehead atoms. The summed E-state index contributed by atoms with van der Waals surface area (Å²) in [5.41, 5.74) is 5.31. The van der Waals surface area contributed by atoms with Gasteiger partial charge in [0.15, 0.2) is 0 Å². The maximum Gasteiger partial charge on any atom is 0.269 e. The summed E-state index contributed by atoms with van der Waals surface area (Å²) >= 11 is 5.87. The zero-order valence-corrected chi connectivity index (χ0v) is 17.2. The second-order valence-electron chi connectivity index (χ2n) is 6.58. The Morgan fingerprint density at radius 3 is 2.38 bits per heavy atom. The molecular formula is C21H24ClN3O4. The average molecular weight is 418 g/mol. The molecule has 2 aromatic rings. The molecule has 154 valence electrons. The Hall–Kier alpha value is -3.06. The van der Waals surface area contributed by atoms with Crippen molar-refractivity contribution < 1.29 is 19.1 Å². The Morgan fingerprint density at radius 1 is 1.00 bits per heavy atom. The van der Waals surface area contributed by atoms with Crippen molar-refractivity contribution in [2.24, 2.45) is 5.92 Å².